The number of benzene rings is 1. The molecule has 0 bridgehead atoms. The lowest BCUT2D eigenvalue weighted by atomic mass is 9.90. The molecule has 2 unspecified atom stereocenters. The molecule has 0 heterocycles. The number of carbonyl (C=O) groups excluding carboxylic acids is 4. The molecule has 0 aliphatic heterocycles. The molecular formula is C29H43N3O6. The Balaban J connectivity index is 3.65. The van der Waals surface area contributed by atoms with Gasteiger partial charge in [-0.3, -0.25) is 14.4 Å². The van der Waals surface area contributed by atoms with Crippen molar-refractivity contribution in [2.45, 2.75) is 91.5 Å². The first-order valence-electron chi connectivity index (χ1n) is 12.8. The average molecular weight is 530 g/mol. The van der Waals surface area contributed by atoms with Gasteiger partial charge in [0.15, 0.2) is 0 Å². The molecule has 0 aromatic heterocycles. The average Bonchev–Trinajstić information content (AvgIpc) is 2.83. The molecule has 1 aromatic rings. The Morgan fingerprint density at radius 3 is 2.08 bits per heavy atom. The first-order chi connectivity index (χ1) is 17.6. The van der Waals surface area contributed by atoms with Gasteiger partial charge in [-0.15, -0.1) is 6.42 Å². The molecule has 210 valence electrons. The van der Waals surface area contributed by atoms with Crippen molar-refractivity contribution in [2.24, 2.45) is 5.92 Å². The number of nitrogens with zero attached hydrogens (tertiary/aromatic N) is 1. The van der Waals surface area contributed by atoms with Crippen molar-refractivity contribution in [1.82, 2.24) is 15.5 Å². The quantitative estimate of drug-likeness (QED) is 0.331. The minimum Gasteiger partial charge on any atom is -0.468 e. The molecule has 0 spiro atoms. The molecule has 0 aliphatic carbocycles. The lowest BCUT2D eigenvalue weighted by molar-refractivity contribution is -0.150. The summed E-state index contributed by atoms with van der Waals surface area (Å²) in [4.78, 5) is 53.8. The molecule has 2 atom stereocenters. The van der Waals surface area contributed by atoms with Crippen LogP contribution in [0.2, 0.25) is 0 Å². The van der Waals surface area contributed by atoms with Crippen molar-refractivity contribution < 1.29 is 28.7 Å². The van der Waals surface area contributed by atoms with Gasteiger partial charge in [0.05, 0.1) is 7.11 Å². The molecule has 1 aromatic carbocycles. The number of rotatable bonds is 11. The van der Waals surface area contributed by atoms with Crippen LogP contribution in [-0.4, -0.2) is 59.6 Å². The van der Waals surface area contributed by atoms with E-state index in [1.807, 2.05) is 34.6 Å². The zero-order valence-electron chi connectivity index (χ0n) is 24.1. The van der Waals surface area contributed by atoms with E-state index >= 15 is 0 Å². The molecule has 2 N–H and O–H groups in total. The molecule has 9 nitrogen and oxygen atoms in total. The predicted octanol–water partition coefficient (Wildman–Crippen LogP) is 3.95. The number of nitrogens with one attached hydrogen (secondary N) is 2. The zero-order chi connectivity index (χ0) is 29.3. The molecule has 9 heteroatoms. The Labute approximate surface area is 227 Å². The van der Waals surface area contributed by atoms with Crippen LogP contribution in [0.3, 0.4) is 0 Å². The lowest BCUT2D eigenvalue weighted by Crippen LogP contribution is -2.59. The van der Waals surface area contributed by atoms with Crippen molar-refractivity contribution in [2.75, 3.05) is 13.7 Å². The summed E-state index contributed by atoms with van der Waals surface area (Å²) in [6.07, 6.45) is 5.61. The number of ether oxygens (including phenoxy) is 2. The summed E-state index contributed by atoms with van der Waals surface area (Å²) in [5.74, 6) is 0.941. The number of hydrogen-bond donors (Lipinski definition) is 2. The van der Waals surface area contributed by atoms with Crippen LogP contribution in [0.5, 0.6) is 0 Å². The number of terminal acetylenes is 1. The van der Waals surface area contributed by atoms with Gasteiger partial charge in [-0.1, -0.05) is 38.8 Å². The van der Waals surface area contributed by atoms with E-state index in [4.69, 9.17) is 11.2 Å². The Morgan fingerprint density at radius 2 is 1.63 bits per heavy atom. The van der Waals surface area contributed by atoms with Crippen molar-refractivity contribution >= 4 is 23.9 Å². The molecule has 38 heavy (non-hydrogen) atoms. The van der Waals surface area contributed by atoms with Crippen LogP contribution >= 0.6 is 0 Å². The van der Waals surface area contributed by atoms with Crippen molar-refractivity contribution in [3.63, 3.8) is 0 Å². The third-order valence-electron chi connectivity index (χ3n) is 5.99. The third kappa shape index (κ3) is 9.73. The van der Waals surface area contributed by atoms with Gasteiger partial charge in [0.25, 0.3) is 0 Å². The molecule has 1 rings (SSSR count). The van der Waals surface area contributed by atoms with Gasteiger partial charge in [0.1, 0.15) is 24.2 Å². The van der Waals surface area contributed by atoms with Crippen LogP contribution in [-0.2, 0) is 23.9 Å². The van der Waals surface area contributed by atoms with E-state index in [9.17, 15) is 19.2 Å². The smallest absolute Gasteiger partial charge is 0.408 e. The maximum atomic E-state index is 14.3. The highest BCUT2D eigenvalue weighted by Crippen LogP contribution is 2.33. The first kappa shape index (κ1) is 32.5. The van der Waals surface area contributed by atoms with Gasteiger partial charge in [0.2, 0.25) is 11.8 Å². The summed E-state index contributed by atoms with van der Waals surface area (Å²) in [5.41, 5.74) is -0.464. The normalized spacial score (nSPS) is 13.1. The van der Waals surface area contributed by atoms with Gasteiger partial charge in [0, 0.05) is 11.1 Å². The summed E-state index contributed by atoms with van der Waals surface area (Å²) >= 11 is 0. The minimum absolute atomic E-state index is 0.0481. The molecule has 0 fully saturated rings. The number of alkyl carbamates (subject to hydrolysis) is 1. The van der Waals surface area contributed by atoms with Crippen LogP contribution in [0.15, 0.2) is 24.3 Å². The number of carbonyl (C=O) groups is 4. The number of esters is 1. The van der Waals surface area contributed by atoms with Gasteiger partial charge in [-0.05, 0) is 71.1 Å². The third-order valence-corrected chi connectivity index (χ3v) is 5.99. The second kappa shape index (κ2) is 13.8. The molecule has 0 aliphatic rings. The molecule has 0 radical (unpaired) electrons. The summed E-state index contributed by atoms with van der Waals surface area (Å²) in [6.45, 7) is 14.3. The van der Waals surface area contributed by atoms with Gasteiger partial charge in [-0.2, -0.15) is 0 Å². The SMILES string of the molecule is C#Cc1ccc(C(C(=O)NCC(=O)OC)N(C(=O)C(CC(C)C)NC(=O)OC(C)(C)C)C(C)(C)CC)cc1. The molecule has 0 saturated carbocycles. The van der Waals surface area contributed by atoms with Crippen LogP contribution in [0.25, 0.3) is 0 Å². The van der Waals surface area contributed by atoms with E-state index in [0.29, 0.717) is 24.0 Å². The van der Waals surface area contributed by atoms with Crippen molar-refractivity contribution in [1.29, 1.82) is 0 Å². The highest BCUT2D eigenvalue weighted by molar-refractivity contribution is 5.93. The van der Waals surface area contributed by atoms with Crippen LogP contribution in [0.1, 0.15) is 85.4 Å². The standard InChI is InChI=1S/C29H43N3O6/c1-11-20-13-15-21(16-14-20)24(25(34)30-18-23(33)37-10)32(29(8,9)12-2)26(35)22(17-19(3)4)31-27(36)38-28(5,6)7/h1,13-16,19,22,24H,12,17-18H2,2-10H3,(H,30,34)(H,31,36). The number of amides is 3. The second-order valence-corrected chi connectivity index (χ2v) is 11.2. The van der Waals surface area contributed by atoms with Crippen LogP contribution < -0.4 is 10.6 Å². The Kier molecular flexibility index (Phi) is 11.8. The Hall–Kier alpha value is -3.54. The van der Waals surface area contributed by atoms with E-state index < -0.39 is 47.1 Å². The molecule has 3 amide bonds. The van der Waals surface area contributed by atoms with E-state index in [-0.39, 0.29) is 12.5 Å². The summed E-state index contributed by atoms with van der Waals surface area (Å²) in [5, 5.41) is 5.30. The highest BCUT2D eigenvalue weighted by Gasteiger charge is 2.43. The largest absolute Gasteiger partial charge is 0.468 e. The topological polar surface area (TPSA) is 114 Å². The van der Waals surface area contributed by atoms with Gasteiger partial charge < -0.3 is 25.0 Å². The van der Waals surface area contributed by atoms with E-state index in [1.165, 1.54) is 12.0 Å². The minimum atomic E-state index is -1.12. The van der Waals surface area contributed by atoms with E-state index in [0.717, 1.165) is 0 Å². The number of hydrogen-bond acceptors (Lipinski definition) is 6. The monoisotopic (exact) mass is 529 g/mol. The fourth-order valence-electron chi connectivity index (χ4n) is 3.76. The summed E-state index contributed by atoms with van der Waals surface area (Å²) < 4.78 is 10.1. The summed E-state index contributed by atoms with van der Waals surface area (Å²) in [6, 6.07) is 4.65. The Morgan fingerprint density at radius 1 is 1.05 bits per heavy atom. The second-order valence-electron chi connectivity index (χ2n) is 11.2. The summed E-state index contributed by atoms with van der Waals surface area (Å²) in [7, 11) is 1.22. The fourth-order valence-corrected chi connectivity index (χ4v) is 3.76. The fraction of sp³-hybridized carbons (Fsp3) is 0.586. The maximum absolute atomic E-state index is 14.3. The van der Waals surface area contributed by atoms with Gasteiger partial charge in [-0.25, -0.2) is 4.79 Å². The Bertz CT molecular complexity index is 1020. The highest BCUT2D eigenvalue weighted by atomic mass is 16.6. The predicted molar refractivity (Wildman–Crippen MR) is 146 cm³/mol. The van der Waals surface area contributed by atoms with E-state index in [1.54, 1.807) is 45.0 Å². The number of methoxy groups -OCH3 is 1. The van der Waals surface area contributed by atoms with Gasteiger partial charge >= 0.3 is 12.1 Å². The van der Waals surface area contributed by atoms with E-state index in [2.05, 4.69) is 21.3 Å². The first-order valence-corrected chi connectivity index (χ1v) is 12.8. The maximum Gasteiger partial charge on any atom is 0.408 e. The zero-order valence-corrected chi connectivity index (χ0v) is 24.1. The van der Waals surface area contributed by atoms with Crippen molar-refractivity contribution in [3.05, 3.63) is 35.4 Å². The molecule has 0 saturated heterocycles. The molecular weight excluding hydrogens is 486 g/mol. The van der Waals surface area contributed by atoms with Crippen LogP contribution in [0, 0.1) is 18.3 Å². The lowest BCUT2D eigenvalue weighted by Gasteiger charge is -2.44. The van der Waals surface area contributed by atoms with Crippen LogP contribution in [0.4, 0.5) is 4.79 Å². The van der Waals surface area contributed by atoms with Crippen molar-refractivity contribution in [3.8, 4) is 12.3 Å².